The number of phenolic OH excluding ortho intramolecular Hbond substituents is 2. The number of Topliss-reactive ketones (excluding diaryl/α,β-unsaturated/α-hetero) is 1. The Morgan fingerprint density at radius 2 is 1.80 bits per heavy atom. The fourth-order valence-electron chi connectivity index (χ4n) is 2.49. The number of benzene rings is 1. The van der Waals surface area contributed by atoms with Gasteiger partial charge in [0, 0.05) is 12.0 Å². The minimum atomic E-state index is -0.941. The molecule has 1 aromatic rings. The number of alkyl halides is 1. The van der Waals surface area contributed by atoms with Gasteiger partial charge in [0.15, 0.2) is 11.6 Å². The Labute approximate surface area is 158 Å². The van der Waals surface area contributed by atoms with Gasteiger partial charge in [0.05, 0.1) is 15.6 Å². The number of carbonyl (C=O) groups excluding carboxylic acids is 3. The van der Waals surface area contributed by atoms with Crippen LogP contribution in [-0.2, 0) is 9.53 Å². The maximum Gasteiger partial charge on any atom is 0.316 e. The molecule has 1 aromatic carbocycles. The average Bonchev–Trinajstić information content (AvgIpc) is 2.56. The highest BCUT2D eigenvalue weighted by atomic mass is 127. The number of esters is 1. The highest BCUT2D eigenvalue weighted by Gasteiger charge is 2.35. The van der Waals surface area contributed by atoms with E-state index in [0.717, 1.165) is 23.8 Å². The maximum absolute atomic E-state index is 12.8. The third-order valence-corrected chi connectivity index (χ3v) is 4.28. The van der Waals surface area contributed by atoms with Gasteiger partial charge < -0.3 is 14.9 Å². The van der Waals surface area contributed by atoms with Crippen LogP contribution >= 0.6 is 22.6 Å². The Morgan fingerprint density at radius 1 is 1.20 bits per heavy atom. The first kappa shape index (κ1) is 19.2. The third-order valence-electron chi connectivity index (χ3n) is 3.65. The van der Waals surface area contributed by atoms with Gasteiger partial charge in [0.1, 0.15) is 17.6 Å². The standard InChI is InChI=1S/C18H17IO6/c1-9(2)3-6-14(25-15(23)8-19)10-7-13(22)16-11(20)4-5-12(21)17(16)18(10)24/h3-5,7,14,20-21H,6,8H2,1-2H3/t14-/m1/s1. The summed E-state index contributed by atoms with van der Waals surface area (Å²) in [5, 5.41) is 19.8. The second kappa shape index (κ2) is 7.81. The van der Waals surface area contributed by atoms with Gasteiger partial charge in [-0.2, -0.15) is 0 Å². The lowest BCUT2D eigenvalue weighted by Crippen LogP contribution is -2.29. The van der Waals surface area contributed by atoms with Gasteiger partial charge in [0.2, 0.25) is 0 Å². The predicted octanol–water partition coefficient (Wildman–Crippen LogP) is 3.11. The summed E-state index contributed by atoms with van der Waals surface area (Å²) in [5.41, 5.74) is 0.436. The van der Waals surface area contributed by atoms with Gasteiger partial charge in [-0.05, 0) is 32.1 Å². The third kappa shape index (κ3) is 4.09. The number of hydrogen-bond donors (Lipinski definition) is 2. The van der Waals surface area contributed by atoms with Crippen LogP contribution in [0.1, 0.15) is 41.0 Å². The molecule has 0 amide bonds. The van der Waals surface area contributed by atoms with E-state index in [9.17, 15) is 24.6 Å². The molecule has 0 saturated heterocycles. The van der Waals surface area contributed by atoms with E-state index >= 15 is 0 Å². The van der Waals surface area contributed by atoms with Crippen molar-refractivity contribution < 1.29 is 29.3 Å². The Hall–Kier alpha value is -2.16. The molecule has 6 nitrogen and oxygen atoms in total. The molecule has 0 heterocycles. The molecular weight excluding hydrogens is 439 g/mol. The Morgan fingerprint density at radius 3 is 2.36 bits per heavy atom. The molecule has 2 N–H and O–H groups in total. The number of halogens is 1. The van der Waals surface area contributed by atoms with Crippen molar-refractivity contribution in [2.24, 2.45) is 0 Å². The van der Waals surface area contributed by atoms with Gasteiger partial charge in [-0.25, -0.2) is 0 Å². The summed E-state index contributed by atoms with van der Waals surface area (Å²) in [6, 6.07) is 2.29. The summed E-state index contributed by atoms with van der Waals surface area (Å²) in [7, 11) is 0. The van der Waals surface area contributed by atoms with Crippen molar-refractivity contribution in [3.8, 4) is 11.5 Å². The van der Waals surface area contributed by atoms with Crippen molar-refractivity contribution >= 4 is 40.1 Å². The number of aromatic hydroxyl groups is 2. The van der Waals surface area contributed by atoms with Crippen LogP contribution in [0, 0.1) is 0 Å². The van der Waals surface area contributed by atoms with E-state index in [1.807, 2.05) is 36.4 Å². The summed E-state index contributed by atoms with van der Waals surface area (Å²) in [6.45, 7) is 3.72. The zero-order valence-corrected chi connectivity index (χ0v) is 15.9. The molecule has 132 valence electrons. The second-order valence-electron chi connectivity index (χ2n) is 5.78. The molecule has 0 radical (unpaired) electrons. The highest BCUT2D eigenvalue weighted by molar-refractivity contribution is 14.1. The number of rotatable bonds is 5. The highest BCUT2D eigenvalue weighted by Crippen LogP contribution is 2.36. The smallest absolute Gasteiger partial charge is 0.316 e. The molecule has 0 spiro atoms. The molecule has 1 atom stereocenters. The Bertz CT molecular complexity index is 802. The quantitative estimate of drug-likeness (QED) is 0.232. The molecule has 0 fully saturated rings. The molecule has 0 bridgehead atoms. The van der Waals surface area contributed by atoms with E-state index in [0.29, 0.717) is 0 Å². The van der Waals surface area contributed by atoms with Crippen LogP contribution < -0.4 is 0 Å². The Kier molecular flexibility index (Phi) is 5.99. The summed E-state index contributed by atoms with van der Waals surface area (Å²) < 4.78 is 5.42. The van der Waals surface area contributed by atoms with Crippen molar-refractivity contribution in [1.29, 1.82) is 0 Å². The minimum absolute atomic E-state index is 0.0194. The second-order valence-corrected chi connectivity index (χ2v) is 6.54. The average molecular weight is 456 g/mol. The number of fused-ring (bicyclic) bond motifs is 1. The summed E-state index contributed by atoms with van der Waals surface area (Å²) in [6.07, 6.45) is 2.14. The van der Waals surface area contributed by atoms with Crippen LogP contribution in [0.5, 0.6) is 11.5 Å². The van der Waals surface area contributed by atoms with Crippen molar-refractivity contribution in [2.45, 2.75) is 26.4 Å². The van der Waals surface area contributed by atoms with Gasteiger partial charge in [0.25, 0.3) is 0 Å². The Balaban J connectivity index is 2.50. The van der Waals surface area contributed by atoms with E-state index in [2.05, 4.69) is 0 Å². The topological polar surface area (TPSA) is 101 Å². The zero-order valence-electron chi connectivity index (χ0n) is 13.7. The summed E-state index contributed by atoms with van der Waals surface area (Å²) >= 11 is 1.84. The van der Waals surface area contributed by atoms with Crippen LogP contribution in [0.15, 0.2) is 35.4 Å². The van der Waals surface area contributed by atoms with Gasteiger partial charge >= 0.3 is 5.97 Å². The van der Waals surface area contributed by atoms with Crippen LogP contribution in [0.4, 0.5) is 0 Å². The lowest BCUT2D eigenvalue weighted by molar-refractivity contribution is -0.143. The predicted molar refractivity (Wildman–Crippen MR) is 99.3 cm³/mol. The number of phenols is 2. The van der Waals surface area contributed by atoms with Crippen LogP contribution in [-0.4, -0.2) is 38.3 Å². The van der Waals surface area contributed by atoms with E-state index in [1.165, 1.54) is 0 Å². The van der Waals surface area contributed by atoms with Crippen LogP contribution in [0.3, 0.4) is 0 Å². The molecular formula is C18H17IO6. The number of allylic oxidation sites excluding steroid dienone is 2. The monoisotopic (exact) mass is 456 g/mol. The van der Waals surface area contributed by atoms with Crippen molar-refractivity contribution in [2.75, 3.05) is 4.43 Å². The number of ether oxygens (including phenoxy) is 1. The van der Waals surface area contributed by atoms with Gasteiger partial charge in [-0.15, -0.1) is 0 Å². The van der Waals surface area contributed by atoms with Crippen molar-refractivity contribution in [1.82, 2.24) is 0 Å². The van der Waals surface area contributed by atoms with Crippen LogP contribution in [0.2, 0.25) is 0 Å². The minimum Gasteiger partial charge on any atom is -0.507 e. The van der Waals surface area contributed by atoms with Gasteiger partial charge in [-0.1, -0.05) is 34.2 Å². The lowest BCUT2D eigenvalue weighted by Gasteiger charge is -2.23. The van der Waals surface area contributed by atoms with Crippen molar-refractivity contribution in [3.05, 3.63) is 46.6 Å². The first-order chi connectivity index (χ1) is 11.8. The fraction of sp³-hybridized carbons (Fsp3) is 0.278. The molecule has 0 aliphatic heterocycles. The van der Waals surface area contributed by atoms with E-state index < -0.39 is 29.4 Å². The molecule has 1 aliphatic rings. The number of ketones is 2. The molecule has 7 heteroatoms. The maximum atomic E-state index is 12.8. The first-order valence-electron chi connectivity index (χ1n) is 7.50. The number of hydrogen-bond acceptors (Lipinski definition) is 6. The lowest BCUT2D eigenvalue weighted by atomic mass is 9.85. The van der Waals surface area contributed by atoms with E-state index in [-0.39, 0.29) is 33.3 Å². The summed E-state index contributed by atoms with van der Waals surface area (Å²) in [5.74, 6) is -2.56. The molecule has 2 rings (SSSR count). The van der Waals surface area contributed by atoms with Crippen LogP contribution in [0.25, 0.3) is 0 Å². The normalized spacial score (nSPS) is 14.4. The SMILES string of the molecule is CC(C)=CC[C@@H](OC(=O)CI)C1=CC(=O)c2c(O)ccc(O)c2C1=O. The molecule has 1 aliphatic carbocycles. The first-order valence-corrected chi connectivity index (χ1v) is 9.03. The molecule has 0 saturated carbocycles. The molecule has 25 heavy (non-hydrogen) atoms. The largest absolute Gasteiger partial charge is 0.507 e. The van der Waals surface area contributed by atoms with E-state index in [4.69, 9.17) is 4.74 Å². The fourth-order valence-corrected chi connectivity index (χ4v) is 2.67. The van der Waals surface area contributed by atoms with Crippen molar-refractivity contribution in [3.63, 3.8) is 0 Å². The number of carbonyl (C=O) groups is 3. The van der Waals surface area contributed by atoms with Gasteiger partial charge in [-0.3, -0.25) is 14.4 Å². The zero-order chi connectivity index (χ0) is 18.7. The molecule has 0 aromatic heterocycles. The summed E-state index contributed by atoms with van der Waals surface area (Å²) in [4.78, 5) is 36.8. The molecule has 0 unspecified atom stereocenters. The van der Waals surface area contributed by atoms with E-state index in [1.54, 1.807) is 6.08 Å².